The molecule has 1 nitrogen and oxygen atoms in total. The summed E-state index contributed by atoms with van der Waals surface area (Å²) in [5.74, 6) is 0. The molecule has 0 aliphatic carbocycles. The molecule has 0 spiro atoms. The summed E-state index contributed by atoms with van der Waals surface area (Å²) in [4.78, 5) is 0. The van der Waals surface area contributed by atoms with Gasteiger partial charge in [-0.15, -0.1) is 0 Å². The minimum Gasteiger partial charge on any atom is -0.412 e. The van der Waals surface area contributed by atoms with E-state index in [-0.39, 0.29) is 6.10 Å². The highest BCUT2D eigenvalue weighted by Gasteiger charge is 2.10. The summed E-state index contributed by atoms with van der Waals surface area (Å²) in [7, 11) is 3.12. The van der Waals surface area contributed by atoms with Crippen LogP contribution in [0.25, 0.3) is 0 Å². The second kappa shape index (κ2) is 5.20. The number of hydrogen-bond donors (Lipinski definition) is 0. The van der Waals surface area contributed by atoms with E-state index in [0.29, 0.717) is 0 Å². The fourth-order valence-electron chi connectivity index (χ4n) is 1.54. The lowest BCUT2D eigenvalue weighted by Crippen LogP contribution is -2.03. The van der Waals surface area contributed by atoms with E-state index in [0.717, 1.165) is 12.8 Å². The summed E-state index contributed by atoms with van der Waals surface area (Å²) < 4.78 is 5.23. The summed E-state index contributed by atoms with van der Waals surface area (Å²) in [6.45, 7) is 4.29. The van der Waals surface area contributed by atoms with Crippen molar-refractivity contribution in [1.29, 1.82) is 0 Å². The maximum absolute atomic E-state index is 5.23. The maximum Gasteiger partial charge on any atom is 0.247 e. The van der Waals surface area contributed by atoms with E-state index in [9.17, 15) is 0 Å². The average Bonchev–Trinajstić information content (AvgIpc) is 2.20. The van der Waals surface area contributed by atoms with Crippen LogP contribution in [0.2, 0.25) is 0 Å². The van der Waals surface area contributed by atoms with Crippen LogP contribution in [0.1, 0.15) is 37.5 Å². The van der Waals surface area contributed by atoms with Crippen molar-refractivity contribution < 1.29 is 4.43 Å². The van der Waals surface area contributed by atoms with Gasteiger partial charge in [-0.1, -0.05) is 38.1 Å². The Balaban J connectivity index is 2.96. The van der Waals surface area contributed by atoms with Gasteiger partial charge in [0.15, 0.2) is 0 Å². The molecule has 0 aliphatic rings. The van der Waals surface area contributed by atoms with Gasteiger partial charge in [-0.2, -0.15) is 0 Å². The quantitative estimate of drug-likeness (QED) is 0.665. The van der Waals surface area contributed by atoms with Gasteiger partial charge in [-0.25, -0.2) is 0 Å². The standard InChI is InChI=1S/C11H15OSi/c1-3-9-7-5-6-8-10(9)11(4-2)12-13/h5-8,11H,3-4H2,1-2H3. The van der Waals surface area contributed by atoms with Crippen LogP contribution in [-0.2, 0) is 10.8 Å². The first-order valence-electron chi connectivity index (χ1n) is 4.73. The third kappa shape index (κ3) is 2.42. The van der Waals surface area contributed by atoms with Gasteiger partial charge in [0.1, 0.15) is 0 Å². The second-order valence-electron chi connectivity index (χ2n) is 3.07. The van der Waals surface area contributed by atoms with Crippen LogP contribution >= 0.6 is 0 Å². The lowest BCUT2D eigenvalue weighted by molar-refractivity contribution is 0.221. The molecule has 1 atom stereocenters. The molecule has 2 heteroatoms. The monoisotopic (exact) mass is 191 g/mol. The first-order valence-corrected chi connectivity index (χ1v) is 5.14. The normalized spacial score (nSPS) is 12.8. The Labute approximate surface area is 83.7 Å². The predicted octanol–water partition coefficient (Wildman–Crippen LogP) is 2.80. The zero-order valence-corrected chi connectivity index (χ0v) is 9.21. The zero-order valence-electron chi connectivity index (χ0n) is 8.21. The molecule has 0 bridgehead atoms. The molecular weight excluding hydrogens is 176 g/mol. The van der Waals surface area contributed by atoms with Crippen LogP contribution in [0.15, 0.2) is 24.3 Å². The Morgan fingerprint density at radius 3 is 2.54 bits per heavy atom. The van der Waals surface area contributed by atoms with Gasteiger partial charge in [0.25, 0.3) is 0 Å². The van der Waals surface area contributed by atoms with E-state index in [4.69, 9.17) is 4.43 Å². The van der Waals surface area contributed by atoms with Gasteiger partial charge in [-0.05, 0) is 24.0 Å². The molecule has 1 unspecified atom stereocenters. The molecular formula is C11H15OSi. The van der Waals surface area contributed by atoms with Crippen molar-refractivity contribution in [2.45, 2.75) is 32.8 Å². The fraction of sp³-hybridized carbons (Fsp3) is 0.455. The van der Waals surface area contributed by atoms with E-state index in [1.54, 1.807) is 0 Å². The highest BCUT2D eigenvalue weighted by molar-refractivity contribution is 5.98. The van der Waals surface area contributed by atoms with E-state index in [1.807, 2.05) is 0 Å². The first-order chi connectivity index (χ1) is 6.33. The summed E-state index contributed by atoms with van der Waals surface area (Å²) in [5, 5.41) is 0. The van der Waals surface area contributed by atoms with Gasteiger partial charge >= 0.3 is 0 Å². The summed E-state index contributed by atoms with van der Waals surface area (Å²) in [6.07, 6.45) is 2.22. The van der Waals surface area contributed by atoms with Crippen LogP contribution < -0.4 is 0 Å². The van der Waals surface area contributed by atoms with Crippen molar-refractivity contribution in [1.82, 2.24) is 0 Å². The molecule has 13 heavy (non-hydrogen) atoms. The lowest BCUT2D eigenvalue weighted by atomic mass is 9.99. The van der Waals surface area contributed by atoms with Crippen LogP contribution in [0.5, 0.6) is 0 Å². The van der Waals surface area contributed by atoms with Crippen molar-refractivity contribution in [3.63, 3.8) is 0 Å². The Morgan fingerprint density at radius 1 is 1.31 bits per heavy atom. The Bertz CT molecular complexity index is 256. The fourth-order valence-corrected chi connectivity index (χ4v) is 1.83. The van der Waals surface area contributed by atoms with Gasteiger partial charge in [-0.3, -0.25) is 0 Å². The minimum atomic E-state index is 0.174. The SMILES string of the molecule is CCc1ccccc1C(CC)O[Si]. The Hall–Kier alpha value is -0.603. The zero-order chi connectivity index (χ0) is 9.68. The van der Waals surface area contributed by atoms with Crippen molar-refractivity contribution >= 4 is 10.5 Å². The second-order valence-corrected chi connectivity index (χ2v) is 3.30. The Morgan fingerprint density at radius 2 is 2.00 bits per heavy atom. The summed E-state index contributed by atoms with van der Waals surface area (Å²) in [5.41, 5.74) is 2.66. The largest absolute Gasteiger partial charge is 0.412 e. The summed E-state index contributed by atoms with van der Waals surface area (Å²) >= 11 is 0. The van der Waals surface area contributed by atoms with E-state index in [1.165, 1.54) is 11.1 Å². The highest BCUT2D eigenvalue weighted by Crippen LogP contribution is 2.23. The minimum absolute atomic E-state index is 0.174. The average molecular weight is 191 g/mol. The first kappa shape index (κ1) is 10.5. The van der Waals surface area contributed by atoms with Crippen LogP contribution in [0.4, 0.5) is 0 Å². The van der Waals surface area contributed by atoms with Crippen molar-refractivity contribution in [2.24, 2.45) is 0 Å². The number of hydrogen-bond acceptors (Lipinski definition) is 1. The maximum atomic E-state index is 5.23. The topological polar surface area (TPSA) is 9.23 Å². The lowest BCUT2D eigenvalue weighted by Gasteiger charge is -2.16. The molecule has 0 saturated heterocycles. The third-order valence-electron chi connectivity index (χ3n) is 2.30. The van der Waals surface area contributed by atoms with Gasteiger partial charge in [0.05, 0.1) is 6.10 Å². The van der Waals surface area contributed by atoms with Crippen molar-refractivity contribution in [3.8, 4) is 0 Å². The number of aryl methyl sites for hydroxylation is 1. The van der Waals surface area contributed by atoms with Gasteiger partial charge < -0.3 is 4.43 Å². The highest BCUT2D eigenvalue weighted by atomic mass is 28.2. The molecule has 1 aromatic rings. The summed E-state index contributed by atoms with van der Waals surface area (Å²) in [6, 6.07) is 8.42. The van der Waals surface area contributed by atoms with Gasteiger partial charge in [0.2, 0.25) is 10.5 Å². The van der Waals surface area contributed by atoms with Crippen molar-refractivity contribution in [2.75, 3.05) is 0 Å². The molecule has 3 radical (unpaired) electrons. The molecule has 0 N–H and O–H groups in total. The number of benzene rings is 1. The third-order valence-corrected chi connectivity index (χ3v) is 2.58. The molecule has 0 heterocycles. The molecule has 0 amide bonds. The molecule has 1 rings (SSSR count). The van der Waals surface area contributed by atoms with Crippen molar-refractivity contribution in [3.05, 3.63) is 35.4 Å². The smallest absolute Gasteiger partial charge is 0.247 e. The molecule has 69 valence electrons. The molecule has 0 aromatic heterocycles. The predicted molar refractivity (Wildman–Crippen MR) is 55.7 cm³/mol. The van der Waals surface area contributed by atoms with Gasteiger partial charge in [0, 0.05) is 0 Å². The molecule has 0 aliphatic heterocycles. The number of rotatable bonds is 4. The molecule has 0 saturated carbocycles. The van der Waals surface area contributed by atoms with Crippen LogP contribution in [0.3, 0.4) is 0 Å². The van der Waals surface area contributed by atoms with E-state index >= 15 is 0 Å². The van der Waals surface area contributed by atoms with E-state index < -0.39 is 0 Å². The molecule has 0 fully saturated rings. The van der Waals surface area contributed by atoms with E-state index in [2.05, 4.69) is 48.6 Å². The Kier molecular flexibility index (Phi) is 4.19. The molecule has 1 aromatic carbocycles. The van der Waals surface area contributed by atoms with Crippen LogP contribution in [-0.4, -0.2) is 10.5 Å². The van der Waals surface area contributed by atoms with Crippen LogP contribution in [0, 0.1) is 0 Å².